The molecule has 3 nitrogen and oxygen atoms in total. The van der Waals surface area contributed by atoms with E-state index in [1.165, 1.54) is 0 Å². The maximum atomic E-state index is 8.97. The lowest BCUT2D eigenvalue weighted by molar-refractivity contribution is 0.0376. The predicted octanol–water partition coefficient (Wildman–Crippen LogP) is 1.59. The largest absolute Gasteiger partial charge is 0.497 e. The smallest absolute Gasteiger partial charge is 0.118 e. The van der Waals surface area contributed by atoms with Crippen LogP contribution >= 0.6 is 0 Å². The van der Waals surface area contributed by atoms with E-state index in [0.29, 0.717) is 13.2 Å². The molecule has 0 aliphatic rings. The van der Waals surface area contributed by atoms with Crippen LogP contribution in [0.25, 0.3) is 0 Å². The average molecular weight is 196 g/mol. The molecule has 0 unspecified atom stereocenters. The molecule has 0 aromatic heterocycles. The molecule has 1 aromatic carbocycles. The lowest BCUT2D eigenvalue weighted by Gasteiger charge is -2.06. The Morgan fingerprint density at radius 3 is 2.43 bits per heavy atom. The first-order chi connectivity index (χ1) is 6.72. The van der Waals surface area contributed by atoms with Crippen LogP contribution in [-0.4, -0.2) is 24.9 Å². The highest BCUT2D eigenvalue weighted by atomic mass is 16.5. The lowest BCUT2D eigenvalue weighted by Crippen LogP contribution is -2.09. The number of rotatable bonds is 5. The van der Waals surface area contributed by atoms with Crippen molar-refractivity contribution in [2.24, 2.45) is 0 Å². The standard InChI is InChI=1S/C11H16O3/c1-9(12)7-14-8-10-3-5-11(13-2)6-4-10/h3-6,9,12H,7-8H2,1-2H3/t9-/m1/s1. The minimum atomic E-state index is -0.409. The van der Waals surface area contributed by atoms with E-state index in [1.54, 1.807) is 14.0 Å². The predicted molar refractivity (Wildman–Crippen MR) is 54.3 cm³/mol. The van der Waals surface area contributed by atoms with Crippen LogP contribution < -0.4 is 4.74 Å². The molecule has 0 radical (unpaired) electrons. The molecule has 78 valence electrons. The third kappa shape index (κ3) is 3.77. The summed E-state index contributed by atoms with van der Waals surface area (Å²) in [6, 6.07) is 7.67. The highest BCUT2D eigenvalue weighted by Crippen LogP contribution is 2.11. The van der Waals surface area contributed by atoms with Gasteiger partial charge in [-0.25, -0.2) is 0 Å². The van der Waals surface area contributed by atoms with Crippen molar-refractivity contribution in [2.75, 3.05) is 13.7 Å². The van der Waals surface area contributed by atoms with E-state index in [4.69, 9.17) is 14.6 Å². The van der Waals surface area contributed by atoms with Crippen molar-refractivity contribution in [2.45, 2.75) is 19.6 Å². The summed E-state index contributed by atoms with van der Waals surface area (Å²) in [5.74, 6) is 0.837. The Balaban J connectivity index is 2.36. The summed E-state index contributed by atoms with van der Waals surface area (Å²) in [6.07, 6.45) is -0.409. The molecule has 3 heteroatoms. The fraction of sp³-hybridized carbons (Fsp3) is 0.455. The molecular weight excluding hydrogens is 180 g/mol. The molecule has 0 aliphatic carbocycles. The normalized spacial score (nSPS) is 12.5. The molecule has 0 fully saturated rings. The summed E-state index contributed by atoms with van der Waals surface area (Å²) in [7, 11) is 1.64. The van der Waals surface area contributed by atoms with Gasteiger partial charge in [-0.3, -0.25) is 0 Å². The van der Waals surface area contributed by atoms with E-state index in [9.17, 15) is 0 Å². The van der Waals surface area contributed by atoms with E-state index >= 15 is 0 Å². The quantitative estimate of drug-likeness (QED) is 0.777. The Morgan fingerprint density at radius 2 is 1.93 bits per heavy atom. The van der Waals surface area contributed by atoms with Crippen molar-refractivity contribution in [3.63, 3.8) is 0 Å². The second-order valence-electron chi connectivity index (χ2n) is 3.21. The van der Waals surface area contributed by atoms with Gasteiger partial charge in [0, 0.05) is 0 Å². The monoisotopic (exact) mass is 196 g/mol. The molecule has 1 rings (SSSR count). The number of hydrogen-bond donors (Lipinski definition) is 1. The highest BCUT2D eigenvalue weighted by molar-refractivity contribution is 5.26. The van der Waals surface area contributed by atoms with Crippen molar-refractivity contribution in [3.05, 3.63) is 29.8 Å². The van der Waals surface area contributed by atoms with Crippen molar-refractivity contribution in [3.8, 4) is 5.75 Å². The van der Waals surface area contributed by atoms with E-state index in [1.807, 2.05) is 24.3 Å². The minimum Gasteiger partial charge on any atom is -0.497 e. The van der Waals surface area contributed by atoms with Crippen LogP contribution in [0.5, 0.6) is 5.75 Å². The van der Waals surface area contributed by atoms with Gasteiger partial charge in [-0.15, -0.1) is 0 Å². The third-order valence-electron chi connectivity index (χ3n) is 1.79. The summed E-state index contributed by atoms with van der Waals surface area (Å²) in [5, 5.41) is 8.97. The number of hydrogen-bond acceptors (Lipinski definition) is 3. The van der Waals surface area contributed by atoms with Crippen LogP contribution in [0.15, 0.2) is 24.3 Å². The van der Waals surface area contributed by atoms with E-state index in [-0.39, 0.29) is 0 Å². The highest BCUT2D eigenvalue weighted by Gasteiger charge is 1.97. The van der Waals surface area contributed by atoms with Crippen LogP contribution in [0.2, 0.25) is 0 Å². The first-order valence-electron chi connectivity index (χ1n) is 4.61. The molecule has 1 aromatic rings. The molecule has 0 heterocycles. The summed E-state index contributed by atoms with van der Waals surface area (Å²) in [6.45, 7) is 2.59. The van der Waals surface area contributed by atoms with Gasteiger partial charge >= 0.3 is 0 Å². The molecule has 0 bridgehead atoms. The third-order valence-corrected chi connectivity index (χ3v) is 1.79. The van der Waals surface area contributed by atoms with E-state index in [2.05, 4.69) is 0 Å². The zero-order chi connectivity index (χ0) is 10.4. The van der Waals surface area contributed by atoms with Gasteiger partial charge in [-0.05, 0) is 24.6 Å². The van der Waals surface area contributed by atoms with Gasteiger partial charge in [-0.1, -0.05) is 12.1 Å². The van der Waals surface area contributed by atoms with Gasteiger partial charge in [0.15, 0.2) is 0 Å². The van der Waals surface area contributed by atoms with Crippen LogP contribution in [-0.2, 0) is 11.3 Å². The van der Waals surface area contributed by atoms with Gasteiger partial charge in [0.25, 0.3) is 0 Å². The van der Waals surface area contributed by atoms with Gasteiger partial charge in [0.05, 0.1) is 26.4 Å². The molecule has 0 saturated heterocycles. The molecule has 1 N–H and O–H groups in total. The lowest BCUT2D eigenvalue weighted by atomic mass is 10.2. The fourth-order valence-corrected chi connectivity index (χ4v) is 1.07. The van der Waals surface area contributed by atoms with Gasteiger partial charge in [-0.2, -0.15) is 0 Å². The number of methoxy groups -OCH3 is 1. The van der Waals surface area contributed by atoms with Gasteiger partial charge < -0.3 is 14.6 Å². The van der Waals surface area contributed by atoms with Crippen LogP contribution in [0.3, 0.4) is 0 Å². The topological polar surface area (TPSA) is 38.7 Å². The second kappa shape index (κ2) is 5.62. The zero-order valence-electron chi connectivity index (χ0n) is 8.56. The number of benzene rings is 1. The Labute approximate surface area is 84.3 Å². The maximum absolute atomic E-state index is 8.97. The molecule has 0 amide bonds. The Morgan fingerprint density at radius 1 is 1.29 bits per heavy atom. The number of ether oxygens (including phenoxy) is 2. The van der Waals surface area contributed by atoms with E-state index < -0.39 is 6.10 Å². The molecule has 1 atom stereocenters. The zero-order valence-corrected chi connectivity index (χ0v) is 8.56. The summed E-state index contributed by atoms with van der Waals surface area (Å²) < 4.78 is 10.3. The van der Waals surface area contributed by atoms with Crippen LogP contribution in [0.1, 0.15) is 12.5 Å². The van der Waals surface area contributed by atoms with Crippen molar-refractivity contribution >= 4 is 0 Å². The number of aliphatic hydroxyl groups excluding tert-OH is 1. The summed E-state index contributed by atoms with van der Waals surface area (Å²) in [4.78, 5) is 0. The molecule has 0 aliphatic heterocycles. The second-order valence-corrected chi connectivity index (χ2v) is 3.21. The van der Waals surface area contributed by atoms with Gasteiger partial charge in [0.1, 0.15) is 5.75 Å². The van der Waals surface area contributed by atoms with E-state index in [0.717, 1.165) is 11.3 Å². The first kappa shape index (κ1) is 11.0. The summed E-state index contributed by atoms with van der Waals surface area (Å²) >= 11 is 0. The molecule has 0 saturated carbocycles. The molecule has 0 spiro atoms. The van der Waals surface area contributed by atoms with Crippen LogP contribution in [0.4, 0.5) is 0 Å². The first-order valence-corrected chi connectivity index (χ1v) is 4.61. The van der Waals surface area contributed by atoms with Gasteiger partial charge in [0.2, 0.25) is 0 Å². The van der Waals surface area contributed by atoms with Crippen molar-refractivity contribution in [1.82, 2.24) is 0 Å². The Kier molecular flexibility index (Phi) is 4.43. The average Bonchev–Trinajstić information content (AvgIpc) is 2.18. The molecule has 14 heavy (non-hydrogen) atoms. The molecular formula is C11H16O3. The number of aliphatic hydroxyl groups is 1. The van der Waals surface area contributed by atoms with Crippen LogP contribution in [0, 0.1) is 0 Å². The van der Waals surface area contributed by atoms with Crippen molar-refractivity contribution in [1.29, 1.82) is 0 Å². The maximum Gasteiger partial charge on any atom is 0.118 e. The summed E-state index contributed by atoms with van der Waals surface area (Å²) in [5.41, 5.74) is 1.08. The SMILES string of the molecule is COc1ccc(COC[C@@H](C)O)cc1. The Hall–Kier alpha value is -1.06. The Bertz CT molecular complexity index is 254. The van der Waals surface area contributed by atoms with Crippen molar-refractivity contribution < 1.29 is 14.6 Å². The fourth-order valence-electron chi connectivity index (χ4n) is 1.07. The minimum absolute atomic E-state index is 0.367.